The number of carbonyl (C=O) groups is 1. The maximum absolute atomic E-state index is 11.9. The number of ketones is 1. The van der Waals surface area contributed by atoms with Crippen molar-refractivity contribution < 1.29 is 9.53 Å². The molecule has 0 saturated heterocycles. The molecule has 0 fully saturated rings. The minimum Gasteiger partial charge on any atom is -0.456 e. The maximum Gasteiger partial charge on any atom is 0.187 e. The lowest BCUT2D eigenvalue weighted by Crippen LogP contribution is -2.03. The molecule has 116 valence electrons. The first kappa shape index (κ1) is 16.6. The van der Waals surface area contributed by atoms with Gasteiger partial charge in [-0.05, 0) is 36.4 Å². The van der Waals surface area contributed by atoms with E-state index in [0.29, 0.717) is 22.1 Å². The minimum atomic E-state index is -0.0919. The summed E-state index contributed by atoms with van der Waals surface area (Å²) in [7, 11) is 3.69. The highest BCUT2D eigenvalue weighted by Crippen LogP contribution is 2.29. The van der Waals surface area contributed by atoms with Gasteiger partial charge in [0.05, 0.1) is 5.02 Å². The van der Waals surface area contributed by atoms with Gasteiger partial charge in [-0.3, -0.25) is 4.79 Å². The molecule has 0 aromatic heterocycles. The summed E-state index contributed by atoms with van der Waals surface area (Å²) >= 11 is 5.96. The fourth-order valence-corrected chi connectivity index (χ4v) is 2.03. The van der Waals surface area contributed by atoms with Gasteiger partial charge < -0.3 is 9.64 Å². The second-order valence-corrected chi connectivity index (χ2v) is 5.40. The van der Waals surface area contributed by atoms with Crippen LogP contribution in [0.25, 0.3) is 0 Å². The Morgan fingerprint density at radius 2 is 1.91 bits per heavy atom. The molecule has 0 saturated carbocycles. The third-order valence-electron chi connectivity index (χ3n) is 2.98. The molecule has 0 bridgehead atoms. The van der Waals surface area contributed by atoms with Crippen molar-refractivity contribution >= 4 is 17.4 Å². The first-order valence-corrected chi connectivity index (χ1v) is 7.24. The second-order valence-electron chi connectivity index (χ2n) is 4.99. The molecule has 2 aromatic rings. The number of nitrogens with zero attached hydrogens (tertiary/aromatic N) is 2. The Labute approximate surface area is 140 Å². The molecule has 2 aromatic carbocycles. The Balaban J connectivity index is 2.17. The number of nitriles is 1. The van der Waals surface area contributed by atoms with Gasteiger partial charge in [-0.15, -0.1) is 0 Å². The predicted molar refractivity (Wildman–Crippen MR) is 89.8 cm³/mol. The number of rotatable bonds is 5. The fourth-order valence-electron chi connectivity index (χ4n) is 1.83. The molecule has 0 unspecified atom stereocenters. The van der Waals surface area contributed by atoms with Crippen LogP contribution in [-0.4, -0.2) is 24.8 Å². The van der Waals surface area contributed by atoms with Gasteiger partial charge in [0.2, 0.25) is 0 Å². The van der Waals surface area contributed by atoms with Gasteiger partial charge in [-0.25, -0.2) is 0 Å². The van der Waals surface area contributed by atoms with Crippen LogP contribution >= 0.6 is 11.6 Å². The van der Waals surface area contributed by atoms with Crippen molar-refractivity contribution in [2.45, 2.75) is 0 Å². The van der Waals surface area contributed by atoms with Gasteiger partial charge in [0.1, 0.15) is 23.1 Å². The van der Waals surface area contributed by atoms with Crippen LogP contribution < -0.4 is 4.74 Å². The SMILES string of the molecule is CN(C)/C=C\C(=O)c1ccc(Oc2cccc(Cl)c2C#N)cc1. The highest BCUT2D eigenvalue weighted by Gasteiger charge is 2.09. The van der Waals surface area contributed by atoms with Crippen molar-refractivity contribution in [2.75, 3.05) is 14.1 Å². The summed E-state index contributed by atoms with van der Waals surface area (Å²) in [5, 5.41) is 9.47. The van der Waals surface area contributed by atoms with Crippen molar-refractivity contribution in [1.82, 2.24) is 4.90 Å². The van der Waals surface area contributed by atoms with Gasteiger partial charge in [0.15, 0.2) is 5.78 Å². The number of hydrogen-bond acceptors (Lipinski definition) is 4. The summed E-state index contributed by atoms with van der Waals surface area (Å²) in [6.45, 7) is 0. The average molecular weight is 327 g/mol. The van der Waals surface area contributed by atoms with Crippen LogP contribution in [-0.2, 0) is 0 Å². The molecule has 4 nitrogen and oxygen atoms in total. The molecule has 0 radical (unpaired) electrons. The van der Waals surface area contributed by atoms with E-state index in [2.05, 4.69) is 0 Å². The Morgan fingerprint density at radius 3 is 2.52 bits per heavy atom. The van der Waals surface area contributed by atoms with E-state index in [9.17, 15) is 4.79 Å². The molecule has 0 aliphatic rings. The standard InChI is InChI=1S/C18H15ClN2O2/c1-21(2)11-10-17(22)13-6-8-14(9-7-13)23-18-5-3-4-16(19)15(18)12-20/h3-11H,1-2H3/b11-10-. The van der Waals surface area contributed by atoms with E-state index in [1.54, 1.807) is 53.6 Å². The van der Waals surface area contributed by atoms with Crippen LogP contribution in [0.4, 0.5) is 0 Å². The van der Waals surface area contributed by atoms with Crippen LogP contribution in [0.1, 0.15) is 15.9 Å². The Hall–Kier alpha value is -2.77. The number of halogens is 1. The lowest BCUT2D eigenvalue weighted by atomic mass is 10.1. The molecule has 0 N–H and O–H groups in total. The quantitative estimate of drug-likeness (QED) is 0.608. The zero-order valence-corrected chi connectivity index (χ0v) is 13.5. The molecule has 0 aliphatic heterocycles. The van der Waals surface area contributed by atoms with Gasteiger partial charge >= 0.3 is 0 Å². The third-order valence-corrected chi connectivity index (χ3v) is 3.29. The Kier molecular flexibility index (Phi) is 5.40. The first-order chi connectivity index (χ1) is 11.0. The minimum absolute atomic E-state index is 0.0919. The molecular weight excluding hydrogens is 312 g/mol. The summed E-state index contributed by atoms with van der Waals surface area (Å²) in [5.74, 6) is 0.814. The molecule has 0 aliphatic carbocycles. The van der Waals surface area contributed by atoms with E-state index >= 15 is 0 Å². The number of allylic oxidation sites excluding steroid dienone is 1. The summed E-state index contributed by atoms with van der Waals surface area (Å²) in [5.41, 5.74) is 0.838. The zero-order valence-electron chi connectivity index (χ0n) is 12.8. The van der Waals surface area contributed by atoms with Crippen LogP contribution in [0.15, 0.2) is 54.7 Å². The Morgan fingerprint density at radius 1 is 1.22 bits per heavy atom. The van der Waals surface area contributed by atoms with Gasteiger partial charge in [0.25, 0.3) is 0 Å². The predicted octanol–water partition coefficient (Wildman–Crippen LogP) is 4.26. The largest absolute Gasteiger partial charge is 0.456 e. The van der Waals surface area contributed by atoms with Gasteiger partial charge in [0, 0.05) is 31.9 Å². The summed E-state index contributed by atoms with van der Waals surface area (Å²) < 4.78 is 5.67. The van der Waals surface area contributed by atoms with Gasteiger partial charge in [-0.1, -0.05) is 17.7 Å². The highest BCUT2D eigenvalue weighted by atomic mass is 35.5. The normalized spacial score (nSPS) is 10.3. The number of hydrogen-bond donors (Lipinski definition) is 0. The number of carbonyl (C=O) groups excluding carboxylic acids is 1. The molecule has 5 heteroatoms. The molecule has 0 atom stereocenters. The monoisotopic (exact) mass is 326 g/mol. The lowest BCUT2D eigenvalue weighted by molar-refractivity contribution is 0.104. The van der Waals surface area contributed by atoms with Crippen LogP contribution in [0.5, 0.6) is 11.5 Å². The smallest absolute Gasteiger partial charge is 0.187 e. The van der Waals surface area contributed by atoms with Gasteiger partial charge in [-0.2, -0.15) is 5.26 Å². The van der Waals surface area contributed by atoms with Crippen molar-refractivity contribution in [1.29, 1.82) is 5.26 Å². The summed E-state index contributed by atoms with van der Waals surface area (Å²) in [6.07, 6.45) is 3.19. The first-order valence-electron chi connectivity index (χ1n) is 6.86. The van der Waals surface area contributed by atoms with Crippen molar-refractivity contribution in [2.24, 2.45) is 0 Å². The Bertz CT molecular complexity index is 775. The molecule has 0 heterocycles. The zero-order chi connectivity index (χ0) is 16.8. The van der Waals surface area contributed by atoms with E-state index in [4.69, 9.17) is 21.6 Å². The molecule has 2 rings (SSSR count). The molecule has 23 heavy (non-hydrogen) atoms. The van der Waals surface area contributed by atoms with Crippen LogP contribution in [0, 0.1) is 11.3 Å². The van der Waals surface area contributed by atoms with Crippen molar-refractivity contribution in [3.05, 3.63) is 70.9 Å². The second kappa shape index (κ2) is 7.48. The molecule has 0 amide bonds. The van der Waals surface area contributed by atoms with Crippen LogP contribution in [0.3, 0.4) is 0 Å². The highest BCUT2D eigenvalue weighted by molar-refractivity contribution is 6.31. The molecular formula is C18H15ClN2O2. The van der Waals surface area contributed by atoms with E-state index < -0.39 is 0 Å². The van der Waals surface area contributed by atoms with E-state index in [1.807, 2.05) is 20.2 Å². The lowest BCUT2D eigenvalue weighted by Gasteiger charge is -2.08. The summed E-state index contributed by atoms with van der Waals surface area (Å²) in [4.78, 5) is 13.7. The topological polar surface area (TPSA) is 53.3 Å². The summed E-state index contributed by atoms with van der Waals surface area (Å²) in [6, 6.07) is 13.7. The third kappa shape index (κ3) is 4.35. The molecule has 0 spiro atoms. The van der Waals surface area contributed by atoms with E-state index in [1.165, 1.54) is 6.08 Å². The number of ether oxygens (including phenoxy) is 1. The van der Waals surface area contributed by atoms with Crippen LogP contribution in [0.2, 0.25) is 5.02 Å². The van der Waals surface area contributed by atoms with E-state index in [-0.39, 0.29) is 11.3 Å². The maximum atomic E-state index is 11.9. The number of benzene rings is 2. The van der Waals surface area contributed by atoms with Crippen molar-refractivity contribution in [3.8, 4) is 17.6 Å². The van der Waals surface area contributed by atoms with Crippen molar-refractivity contribution in [3.63, 3.8) is 0 Å². The van der Waals surface area contributed by atoms with E-state index in [0.717, 1.165) is 0 Å². The fraction of sp³-hybridized carbons (Fsp3) is 0.111. The average Bonchev–Trinajstić information content (AvgIpc) is 2.53.